The molecule has 0 aliphatic heterocycles. The van der Waals surface area contributed by atoms with E-state index in [-0.39, 0.29) is 15.4 Å². The molecule has 0 bridgehead atoms. The van der Waals surface area contributed by atoms with Crippen molar-refractivity contribution in [2.24, 2.45) is 0 Å². The van der Waals surface area contributed by atoms with Gasteiger partial charge in [-0.15, -0.1) is 10.2 Å². The summed E-state index contributed by atoms with van der Waals surface area (Å²) in [5.74, 6) is -0.990. The van der Waals surface area contributed by atoms with Gasteiger partial charge in [0.25, 0.3) is 0 Å². The van der Waals surface area contributed by atoms with Crippen LogP contribution in [0, 0.1) is 18.6 Å². The molecular formula is C9H5BrClF2N3. The summed E-state index contributed by atoms with van der Waals surface area (Å²) in [6, 6.07) is 2.06. The van der Waals surface area contributed by atoms with Crippen LogP contribution in [0.1, 0.15) is 5.82 Å². The molecule has 1 aromatic carbocycles. The molecule has 1 heterocycles. The second kappa shape index (κ2) is 4.10. The Balaban J connectivity index is 2.69. The Bertz CT molecular complexity index is 536. The number of halogens is 4. The zero-order valence-electron chi connectivity index (χ0n) is 8.01. The van der Waals surface area contributed by atoms with Crippen molar-refractivity contribution in [1.29, 1.82) is 0 Å². The number of hydrogen-bond donors (Lipinski definition) is 0. The van der Waals surface area contributed by atoms with Crippen LogP contribution in [-0.4, -0.2) is 14.8 Å². The van der Waals surface area contributed by atoms with E-state index in [0.29, 0.717) is 5.82 Å². The first-order valence-corrected chi connectivity index (χ1v) is 5.40. The average Bonchev–Trinajstić information content (AvgIpc) is 2.53. The topological polar surface area (TPSA) is 30.7 Å². The van der Waals surface area contributed by atoms with Crippen LogP contribution in [0.2, 0.25) is 5.28 Å². The van der Waals surface area contributed by atoms with Crippen molar-refractivity contribution in [3.63, 3.8) is 0 Å². The van der Waals surface area contributed by atoms with E-state index in [2.05, 4.69) is 26.1 Å². The van der Waals surface area contributed by atoms with Gasteiger partial charge in [-0.2, -0.15) is 0 Å². The summed E-state index contributed by atoms with van der Waals surface area (Å²) >= 11 is 8.73. The van der Waals surface area contributed by atoms with Crippen LogP contribution in [-0.2, 0) is 0 Å². The van der Waals surface area contributed by atoms with Crippen LogP contribution in [0.4, 0.5) is 8.78 Å². The van der Waals surface area contributed by atoms with Crippen LogP contribution in [0.15, 0.2) is 16.6 Å². The van der Waals surface area contributed by atoms with Crippen molar-refractivity contribution >= 4 is 27.5 Å². The number of aromatic nitrogens is 3. The minimum atomic E-state index is -0.731. The summed E-state index contributed by atoms with van der Waals surface area (Å²) in [5, 5.41) is 7.30. The fraction of sp³-hybridized carbons (Fsp3) is 0.111. The van der Waals surface area contributed by atoms with E-state index in [1.807, 2.05) is 0 Å². The normalized spacial score (nSPS) is 10.8. The van der Waals surface area contributed by atoms with Gasteiger partial charge in [0.1, 0.15) is 17.5 Å². The lowest BCUT2D eigenvalue weighted by atomic mass is 10.3. The molecule has 7 heteroatoms. The quantitative estimate of drug-likeness (QED) is 0.757. The maximum absolute atomic E-state index is 13.6. The Kier molecular flexibility index (Phi) is 2.94. The van der Waals surface area contributed by atoms with Gasteiger partial charge in [0.2, 0.25) is 5.28 Å². The van der Waals surface area contributed by atoms with Gasteiger partial charge in [-0.1, -0.05) is 0 Å². The van der Waals surface area contributed by atoms with Crippen molar-refractivity contribution in [3.05, 3.63) is 39.3 Å². The van der Waals surface area contributed by atoms with E-state index in [1.54, 1.807) is 6.92 Å². The molecule has 0 unspecified atom stereocenters. The molecule has 0 atom stereocenters. The molecular weight excluding hydrogens is 303 g/mol. The van der Waals surface area contributed by atoms with Crippen molar-refractivity contribution in [2.45, 2.75) is 6.92 Å². The first kappa shape index (κ1) is 11.5. The van der Waals surface area contributed by atoms with Crippen molar-refractivity contribution in [1.82, 2.24) is 14.8 Å². The second-order valence-corrected chi connectivity index (χ2v) is 4.26. The number of benzene rings is 1. The third-order valence-electron chi connectivity index (χ3n) is 2.02. The van der Waals surface area contributed by atoms with E-state index < -0.39 is 11.6 Å². The maximum atomic E-state index is 13.6. The number of hydrogen-bond acceptors (Lipinski definition) is 2. The first-order valence-electron chi connectivity index (χ1n) is 4.23. The van der Waals surface area contributed by atoms with E-state index in [4.69, 9.17) is 11.6 Å². The molecule has 0 fully saturated rings. The molecule has 16 heavy (non-hydrogen) atoms. The highest BCUT2D eigenvalue weighted by atomic mass is 79.9. The third-order valence-corrected chi connectivity index (χ3v) is 2.87. The molecule has 0 radical (unpaired) electrons. The summed E-state index contributed by atoms with van der Waals surface area (Å²) < 4.78 is 28.0. The zero-order valence-corrected chi connectivity index (χ0v) is 10.4. The van der Waals surface area contributed by atoms with E-state index in [1.165, 1.54) is 10.6 Å². The largest absolute Gasteiger partial charge is 0.267 e. The lowest BCUT2D eigenvalue weighted by Crippen LogP contribution is -2.01. The summed E-state index contributed by atoms with van der Waals surface area (Å²) in [7, 11) is 0. The van der Waals surface area contributed by atoms with Gasteiger partial charge in [-0.25, -0.2) is 8.78 Å². The summed E-state index contributed by atoms with van der Waals surface area (Å²) in [5.41, 5.74) is 0.0979. The van der Waals surface area contributed by atoms with Crippen molar-refractivity contribution in [3.8, 4) is 5.69 Å². The number of rotatable bonds is 1. The van der Waals surface area contributed by atoms with Crippen molar-refractivity contribution < 1.29 is 8.78 Å². The Labute approximate surface area is 103 Å². The standard InChI is InChI=1S/C9H5BrClF2N3/c1-4-14-15-9(11)16(4)8-2-5(10)6(12)3-7(8)13/h2-3H,1H3. The van der Waals surface area contributed by atoms with Crippen LogP contribution in [0.3, 0.4) is 0 Å². The Morgan fingerprint density at radius 1 is 1.25 bits per heavy atom. The Morgan fingerprint density at radius 2 is 1.94 bits per heavy atom. The molecule has 0 aliphatic rings. The van der Waals surface area contributed by atoms with Crippen molar-refractivity contribution in [2.75, 3.05) is 0 Å². The van der Waals surface area contributed by atoms with Gasteiger partial charge in [-0.3, -0.25) is 4.57 Å². The van der Waals surface area contributed by atoms with Gasteiger partial charge in [0, 0.05) is 6.07 Å². The van der Waals surface area contributed by atoms with Crippen LogP contribution >= 0.6 is 27.5 Å². The molecule has 0 saturated carbocycles. The predicted molar refractivity (Wildman–Crippen MR) is 58.7 cm³/mol. The molecule has 2 aromatic rings. The van der Waals surface area contributed by atoms with Gasteiger partial charge >= 0.3 is 0 Å². The highest BCUT2D eigenvalue weighted by Gasteiger charge is 2.15. The molecule has 1 aromatic heterocycles. The molecule has 84 valence electrons. The van der Waals surface area contributed by atoms with Gasteiger partial charge < -0.3 is 0 Å². The molecule has 0 spiro atoms. The monoisotopic (exact) mass is 307 g/mol. The molecule has 0 amide bonds. The van der Waals surface area contributed by atoms with Crippen LogP contribution < -0.4 is 0 Å². The zero-order chi connectivity index (χ0) is 11.9. The van der Waals surface area contributed by atoms with E-state index in [9.17, 15) is 8.78 Å². The van der Waals surface area contributed by atoms with E-state index >= 15 is 0 Å². The molecule has 2 rings (SSSR count). The summed E-state index contributed by atoms with van der Waals surface area (Å²) in [4.78, 5) is 0. The first-order chi connectivity index (χ1) is 7.50. The predicted octanol–water partition coefficient (Wildman–Crippen LogP) is 3.27. The molecule has 0 saturated heterocycles. The smallest absolute Gasteiger partial charge is 0.229 e. The maximum Gasteiger partial charge on any atom is 0.229 e. The van der Waals surface area contributed by atoms with E-state index in [0.717, 1.165) is 6.07 Å². The third kappa shape index (κ3) is 1.82. The highest BCUT2D eigenvalue weighted by Crippen LogP contribution is 2.25. The number of aryl methyl sites for hydroxylation is 1. The highest BCUT2D eigenvalue weighted by molar-refractivity contribution is 9.10. The van der Waals surface area contributed by atoms with Gasteiger partial charge in [-0.05, 0) is 40.5 Å². The number of nitrogens with zero attached hydrogens (tertiary/aromatic N) is 3. The molecule has 3 nitrogen and oxygen atoms in total. The Hall–Kier alpha value is -1.01. The lowest BCUT2D eigenvalue weighted by Gasteiger charge is -2.07. The minimum absolute atomic E-state index is 0.0231. The molecule has 0 aliphatic carbocycles. The fourth-order valence-corrected chi connectivity index (χ4v) is 1.88. The molecule has 0 N–H and O–H groups in total. The lowest BCUT2D eigenvalue weighted by molar-refractivity contribution is 0.573. The summed E-state index contributed by atoms with van der Waals surface area (Å²) in [6.45, 7) is 1.62. The van der Waals surface area contributed by atoms with Gasteiger partial charge in [0.05, 0.1) is 10.2 Å². The van der Waals surface area contributed by atoms with Crippen LogP contribution in [0.25, 0.3) is 5.69 Å². The summed E-state index contributed by atoms with van der Waals surface area (Å²) in [6.07, 6.45) is 0. The Morgan fingerprint density at radius 3 is 2.50 bits per heavy atom. The average molecular weight is 309 g/mol. The van der Waals surface area contributed by atoms with Crippen LogP contribution in [0.5, 0.6) is 0 Å². The fourth-order valence-electron chi connectivity index (χ4n) is 1.29. The SMILES string of the molecule is Cc1nnc(Cl)n1-c1cc(Br)c(F)cc1F. The van der Waals surface area contributed by atoms with Gasteiger partial charge in [0.15, 0.2) is 0 Å². The minimum Gasteiger partial charge on any atom is -0.267 e. The second-order valence-electron chi connectivity index (χ2n) is 3.07.